The van der Waals surface area contributed by atoms with E-state index in [1.165, 1.54) is 30.3 Å². The predicted octanol–water partition coefficient (Wildman–Crippen LogP) is 6.82. The third-order valence-electron chi connectivity index (χ3n) is 12.7. The zero-order chi connectivity index (χ0) is 42.4. The second-order valence-electron chi connectivity index (χ2n) is 16.8. The molecule has 316 valence electrons. The number of pyridine rings is 1. The fraction of sp³-hybridized carbons (Fsp3) is 0.512. The van der Waals surface area contributed by atoms with Gasteiger partial charge in [0, 0.05) is 42.8 Å². The number of sulfonamides is 1. The summed E-state index contributed by atoms with van der Waals surface area (Å²) in [6.07, 6.45) is 5.21. The number of nitrogens with one attached hydrogen (secondary N) is 1. The number of aromatic nitrogens is 1. The van der Waals surface area contributed by atoms with Crippen LogP contribution < -0.4 is 14.2 Å². The number of carbonyl (C=O) groups excluding carboxylic acids is 4. The van der Waals surface area contributed by atoms with Crippen molar-refractivity contribution < 1.29 is 54.6 Å². The number of ketones is 2. The summed E-state index contributed by atoms with van der Waals surface area (Å²) in [6, 6.07) is 5.66. The molecule has 7 atom stereocenters. The van der Waals surface area contributed by atoms with Gasteiger partial charge in [0.2, 0.25) is 27.7 Å². The van der Waals surface area contributed by atoms with E-state index in [4.69, 9.17) is 9.47 Å². The van der Waals surface area contributed by atoms with E-state index in [1.807, 2.05) is 19.9 Å². The van der Waals surface area contributed by atoms with Crippen LogP contribution in [0.4, 0.5) is 17.6 Å². The second-order valence-corrected chi connectivity index (χ2v) is 18.9. The van der Waals surface area contributed by atoms with E-state index < -0.39 is 110 Å². The molecule has 11 nitrogen and oxygen atoms in total. The Balaban J connectivity index is 1.24. The number of allylic oxidation sites excluding steroid dienone is 2. The van der Waals surface area contributed by atoms with Crippen LogP contribution in [0.2, 0.25) is 0 Å². The SMILES string of the molecule is COc1cc2ccnc(O[C@@H]3C[C@H]4C(=O)C[C@]5(C(=O)NS(=O)(=O)C6(CF)CC6)C[C@H]5/C=C\CC[C@@H](C)C[C@@H](C)[C@H](CC(=O)c5ccc(F)cc5F)C(=O)N4C3)c2cc1F. The highest BCUT2D eigenvalue weighted by atomic mass is 32.2. The van der Waals surface area contributed by atoms with Crippen molar-refractivity contribution in [2.75, 3.05) is 20.3 Å². The number of benzene rings is 2. The van der Waals surface area contributed by atoms with Crippen molar-refractivity contribution in [1.29, 1.82) is 0 Å². The maximum absolute atomic E-state index is 14.9. The number of amides is 2. The number of ether oxygens (including phenoxy) is 2. The summed E-state index contributed by atoms with van der Waals surface area (Å²) >= 11 is 0. The predicted molar refractivity (Wildman–Crippen MR) is 208 cm³/mol. The highest BCUT2D eigenvalue weighted by Crippen LogP contribution is 2.58. The van der Waals surface area contributed by atoms with Gasteiger partial charge in [-0.25, -0.2) is 31.0 Å². The van der Waals surface area contributed by atoms with Gasteiger partial charge in [-0.1, -0.05) is 26.0 Å². The minimum Gasteiger partial charge on any atom is -0.494 e. The maximum Gasteiger partial charge on any atom is 0.243 e. The zero-order valence-corrected chi connectivity index (χ0v) is 33.8. The first-order valence-electron chi connectivity index (χ1n) is 19.9. The van der Waals surface area contributed by atoms with Gasteiger partial charge in [-0.05, 0) is 92.0 Å². The fourth-order valence-corrected chi connectivity index (χ4v) is 10.3. The lowest BCUT2D eigenvalue weighted by Gasteiger charge is -2.32. The normalized spacial score (nSPS) is 28.8. The number of hydrogen-bond donors (Lipinski definition) is 1. The highest BCUT2D eigenvalue weighted by Gasteiger charge is 2.63. The van der Waals surface area contributed by atoms with Gasteiger partial charge in [-0.3, -0.25) is 23.9 Å². The summed E-state index contributed by atoms with van der Waals surface area (Å²) in [5.41, 5.74) is -1.88. The summed E-state index contributed by atoms with van der Waals surface area (Å²) in [7, 11) is -3.08. The van der Waals surface area contributed by atoms with Crippen LogP contribution in [-0.4, -0.2) is 78.9 Å². The molecular weight excluding hydrogens is 795 g/mol. The van der Waals surface area contributed by atoms with Crippen LogP contribution in [0.1, 0.15) is 82.0 Å². The molecule has 4 aliphatic rings. The number of Topliss-reactive ketones (excluding diaryl/α,β-unsaturated/α-hetero) is 2. The average Bonchev–Trinajstić information content (AvgIpc) is 4.09. The Morgan fingerprint density at radius 3 is 2.49 bits per heavy atom. The lowest BCUT2D eigenvalue weighted by molar-refractivity contribution is -0.143. The Labute approximate surface area is 340 Å². The van der Waals surface area contributed by atoms with Crippen LogP contribution in [0.3, 0.4) is 0 Å². The number of rotatable bonds is 10. The molecule has 1 aromatic heterocycles. The van der Waals surface area contributed by atoms with Crippen LogP contribution in [0.25, 0.3) is 10.8 Å². The van der Waals surface area contributed by atoms with Gasteiger partial charge < -0.3 is 14.4 Å². The van der Waals surface area contributed by atoms with E-state index in [1.54, 1.807) is 12.1 Å². The summed E-state index contributed by atoms with van der Waals surface area (Å²) in [5.74, 6) is -7.39. The molecule has 59 heavy (non-hydrogen) atoms. The first-order valence-corrected chi connectivity index (χ1v) is 21.4. The van der Waals surface area contributed by atoms with E-state index in [-0.39, 0.29) is 55.3 Å². The van der Waals surface area contributed by atoms with E-state index >= 15 is 0 Å². The van der Waals surface area contributed by atoms with Crippen molar-refractivity contribution in [3.05, 3.63) is 77.8 Å². The molecule has 3 fully saturated rings. The minimum atomic E-state index is -4.41. The van der Waals surface area contributed by atoms with Crippen LogP contribution in [0.15, 0.2) is 54.7 Å². The molecule has 7 rings (SSSR count). The first-order chi connectivity index (χ1) is 28.0. The number of halogens is 4. The average molecular weight is 842 g/mol. The molecular formula is C43H47F4N3O8S. The van der Waals surface area contributed by atoms with E-state index in [0.29, 0.717) is 36.1 Å². The van der Waals surface area contributed by atoms with Crippen LogP contribution in [0.5, 0.6) is 11.6 Å². The molecule has 2 saturated carbocycles. The van der Waals surface area contributed by atoms with Gasteiger partial charge in [0.15, 0.2) is 23.1 Å². The number of nitrogens with zero attached hydrogens (tertiary/aromatic N) is 2. The van der Waals surface area contributed by atoms with E-state index in [9.17, 15) is 45.2 Å². The van der Waals surface area contributed by atoms with Crippen molar-refractivity contribution >= 4 is 44.2 Å². The molecule has 0 bridgehead atoms. The molecule has 2 aromatic carbocycles. The van der Waals surface area contributed by atoms with Crippen molar-refractivity contribution in [2.24, 2.45) is 29.1 Å². The molecule has 1 saturated heterocycles. The van der Waals surface area contributed by atoms with Gasteiger partial charge in [-0.15, -0.1) is 0 Å². The van der Waals surface area contributed by atoms with Crippen molar-refractivity contribution in [3.8, 4) is 11.6 Å². The largest absolute Gasteiger partial charge is 0.494 e. The van der Waals surface area contributed by atoms with Gasteiger partial charge in [-0.2, -0.15) is 0 Å². The molecule has 2 aliphatic carbocycles. The van der Waals surface area contributed by atoms with Gasteiger partial charge in [0.1, 0.15) is 29.2 Å². The van der Waals surface area contributed by atoms with Crippen molar-refractivity contribution in [2.45, 2.75) is 88.5 Å². The van der Waals surface area contributed by atoms with Gasteiger partial charge in [0.25, 0.3) is 0 Å². The van der Waals surface area contributed by atoms with Gasteiger partial charge >= 0.3 is 0 Å². The Morgan fingerprint density at radius 1 is 1.03 bits per heavy atom. The molecule has 1 N–H and O–H groups in total. The Bertz CT molecular complexity index is 2320. The number of fused-ring (bicyclic) bond motifs is 3. The third kappa shape index (κ3) is 8.33. The van der Waals surface area contributed by atoms with Crippen LogP contribution in [0, 0.1) is 46.5 Å². The molecule has 3 aromatic rings. The Hall–Kier alpha value is -4.86. The molecule has 2 aliphatic heterocycles. The molecule has 3 heterocycles. The Morgan fingerprint density at radius 2 is 1.80 bits per heavy atom. The topological polar surface area (TPSA) is 149 Å². The third-order valence-corrected chi connectivity index (χ3v) is 14.8. The molecule has 0 unspecified atom stereocenters. The van der Waals surface area contributed by atoms with E-state index in [2.05, 4.69) is 9.71 Å². The van der Waals surface area contributed by atoms with E-state index in [0.717, 1.165) is 12.1 Å². The number of alkyl halides is 1. The molecule has 0 radical (unpaired) electrons. The quantitative estimate of drug-likeness (QED) is 0.132. The highest BCUT2D eigenvalue weighted by molar-refractivity contribution is 7.91. The zero-order valence-electron chi connectivity index (χ0n) is 33.0. The standard InChI is InChI=1S/C43H47F4N3O8S/c1-24-6-4-5-7-27-20-43(27,41(54)49-59(55,56)42(23-44)11-12-42)21-37(52)35-17-29(58-39-32-18-34(47)38(57-3)15-26(32)10-13-48-39)22-50(35)40(53)31(25(2)14-24)19-36(51)30-9-8-28(45)16-33(30)46/h5,7-10,13,15-16,18,24-25,27,29,31,35H,4,6,11-12,14,17,19-23H2,1-3H3,(H,49,54)/b7-5-/t24-,25-,27-,29-,31+,35+,43-/m1/s1. The maximum atomic E-state index is 14.9. The lowest BCUT2D eigenvalue weighted by Crippen LogP contribution is -2.48. The monoisotopic (exact) mass is 841 g/mol. The summed E-state index contributed by atoms with van der Waals surface area (Å²) in [4.78, 5) is 62.9. The molecule has 16 heteroatoms. The molecule has 2 amide bonds. The number of carbonyl (C=O) groups is 4. The molecule has 0 spiro atoms. The summed E-state index contributed by atoms with van der Waals surface area (Å²) in [6.45, 7) is 2.46. The smallest absolute Gasteiger partial charge is 0.243 e. The first kappa shape index (κ1) is 42.3. The summed E-state index contributed by atoms with van der Waals surface area (Å²) < 4.78 is 95.8. The minimum absolute atomic E-state index is 0.00172. The second kappa shape index (κ2) is 16.3. The Kier molecular flexibility index (Phi) is 11.7. The number of hydrogen-bond acceptors (Lipinski definition) is 9. The van der Waals surface area contributed by atoms with Crippen LogP contribution in [-0.2, 0) is 24.4 Å². The summed E-state index contributed by atoms with van der Waals surface area (Å²) in [5, 5.41) is 0.839. The van der Waals surface area contributed by atoms with Crippen molar-refractivity contribution in [1.82, 2.24) is 14.6 Å². The lowest BCUT2D eigenvalue weighted by atomic mass is 9.80. The number of methoxy groups -OCH3 is 1. The fourth-order valence-electron chi connectivity index (χ4n) is 8.82. The van der Waals surface area contributed by atoms with Crippen molar-refractivity contribution in [3.63, 3.8) is 0 Å². The van der Waals surface area contributed by atoms with Crippen LogP contribution >= 0.6 is 0 Å². The van der Waals surface area contributed by atoms with Gasteiger partial charge in [0.05, 0.1) is 30.7 Å².